The third kappa shape index (κ3) is 4.60. The van der Waals surface area contributed by atoms with Crippen molar-refractivity contribution < 1.29 is 0 Å². The zero-order chi connectivity index (χ0) is 15.5. The molecule has 2 atom stereocenters. The van der Waals surface area contributed by atoms with Crippen LogP contribution in [0.3, 0.4) is 0 Å². The molecule has 1 N–H and O–H groups in total. The molecule has 0 aliphatic carbocycles. The molecule has 2 unspecified atom stereocenters. The maximum Gasteiger partial charge on any atom is 0.0325 e. The molecule has 1 aromatic carbocycles. The van der Waals surface area contributed by atoms with Gasteiger partial charge in [-0.1, -0.05) is 56.6 Å². The fourth-order valence-electron chi connectivity index (χ4n) is 2.45. The summed E-state index contributed by atoms with van der Waals surface area (Å²) in [7, 11) is 0. The van der Waals surface area contributed by atoms with Gasteiger partial charge in [0.05, 0.1) is 0 Å². The Bertz CT molecular complexity index is 445. The van der Waals surface area contributed by atoms with Crippen molar-refractivity contribution >= 4 is 15.9 Å². The predicted octanol–water partition coefficient (Wildman–Crippen LogP) is 5.79. The van der Waals surface area contributed by atoms with Crippen molar-refractivity contribution in [3.63, 3.8) is 0 Å². The highest BCUT2D eigenvalue weighted by molar-refractivity contribution is 9.10. The molecule has 114 valence electrons. The molecular formula is C18H30BrN. The lowest BCUT2D eigenvalue weighted by molar-refractivity contribution is 0.223. The van der Waals surface area contributed by atoms with Crippen molar-refractivity contribution in [2.24, 2.45) is 11.3 Å². The molecule has 0 saturated carbocycles. The number of hydrogen-bond acceptors (Lipinski definition) is 1. The molecule has 0 aromatic heterocycles. The summed E-state index contributed by atoms with van der Waals surface area (Å²) in [6.45, 7) is 17.0. The molecule has 0 amide bonds. The first-order valence-corrected chi connectivity index (χ1v) is 8.46. The fourth-order valence-corrected chi connectivity index (χ4v) is 2.91. The van der Waals surface area contributed by atoms with E-state index in [2.05, 4.69) is 81.8 Å². The highest BCUT2D eigenvalue weighted by Gasteiger charge is 2.25. The number of nitrogens with one attached hydrogen (secondary N) is 1. The van der Waals surface area contributed by atoms with Crippen molar-refractivity contribution in [2.75, 3.05) is 6.54 Å². The summed E-state index contributed by atoms with van der Waals surface area (Å²) < 4.78 is 1.21. The second-order valence-corrected chi connectivity index (χ2v) is 7.93. The normalized spacial score (nSPS) is 15.2. The minimum Gasteiger partial charge on any atom is -0.310 e. The van der Waals surface area contributed by atoms with Gasteiger partial charge in [0.15, 0.2) is 0 Å². The van der Waals surface area contributed by atoms with E-state index < -0.39 is 0 Å². The van der Waals surface area contributed by atoms with Gasteiger partial charge in [-0.15, -0.1) is 0 Å². The minimum absolute atomic E-state index is 0.353. The van der Waals surface area contributed by atoms with E-state index in [4.69, 9.17) is 0 Å². The Morgan fingerprint density at radius 1 is 1.15 bits per heavy atom. The molecule has 2 heteroatoms. The Morgan fingerprint density at radius 2 is 1.75 bits per heavy atom. The molecule has 20 heavy (non-hydrogen) atoms. The van der Waals surface area contributed by atoms with E-state index in [-0.39, 0.29) is 0 Å². The Hall–Kier alpha value is -0.340. The summed E-state index contributed by atoms with van der Waals surface area (Å²) in [6.07, 6.45) is 1.18. The molecule has 1 aromatic rings. The molecule has 0 heterocycles. The lowest BCUT2D eigenvalue weighted by Gasteiger charge is -2.32. The maximum atomic E-state index is 3.67. The van der Waals surface area contributed by atoms with Crippen molar-refractivity contribution in [3.8, 4) is 0 Å². The van der Waals surface area contributed by atoms with E-state index in [0.29, 0.717) is 17.4 Å². The standard InChI is InChI=1S/C18H30BrN/c1-8-20-17(11-14(4)18(5,6)7)15-9-13(3)16(19)10-12(15)2/h9-10,14,17,20H,8,11H2,1-7H3. The molecule has 1 rings (SSSR count). The smallest absolute Gasteiger partial charge is 0.0325 e. The van der Waals surface area contributed by atoms with Gasteiger partial charge in [-0.2, -0.15) is 0 Å². The van der Waals surface area contributed by atoms with Crippen molar-refractivity contribution in [1.29, 1.82) is 0 Å². The summed E-state index contributed by atoms with van der Waals surface area (Å²) in [4.78, 5) is 0. The Morgan fingerprint density at radius 3 is 2.25 bits per heavy atom. The number of benzene rings is 1. The lowest BCUT2D eigenvalue weighted by Crippen LogP contribution is -2.28. The van der Waals surface area contributed by atoms with Gasteiger partial charge in [0, 0.05) is 10.5 Å². The maximum absolute atomic E-state index is 3.67. The summed E-state index contributed by atoms with van der Waals surface area (Å²) in [5, 5.41) is 3.67. The molecule has 0 bridgehead atoms. The van der Waals surface area contributed by atoms with Crippen LogP contribution in [0.15, 0.2) is 16.6 Å². The van der Waals surface area contributed by atoms with Crippen LogP contribution in [-0.4, -0.2) is 6.54 Å². The average Bonchev–Trinajstić information content (AvgIpc) is 2.32. The van der Waals surface area contributed by atoms with Gasteiger partial charge in [-0.3, -0.25) is 0 Å². The highest BCUT2D eigenvalue weighted by Crippen LogP contribution is 2.35. The van der Waals surface area contributed by atoms with Crippen LogP contribution >= 0.6 is 15.9 Å². The number of hydrogen-bond donors (Lipinski definition) is 1. The number of aryl methyl sites for hydroxylation is 2. The summed E-state index contributed by atoms with van der Waals surface area (Å²) in [6, 6.07) is 5.03. The van der Waals surface area contributed by atoms with Gasteiger partial charge in [0.2, 0.25) is 0 Å². The van der Waals surface area contributed by atoms with E-state index in [0.717, 1.165) is 6.54 Å². The number of rotatable bonds is 5. The van der Waals surface area contributed by atoms with Crippen LogP contribution in [0.1, 0.15) is 63.8 Å². The molecule has 0 aliphatic rings. The third-order valence-electron chi connectivity index (χ3n) is 4.44. The summed E-state index contributed by atoms with van der Waals surface area (Å²) in [5.74, 6) is 0.676. The molecule has 0 aliphatic heterocycles. The van der Waals surface area contributed by atoms with Crippen molar-refractivity contribution in [3.05, 3.63) is 33.3 Å². The number of halogens is 1. The van der Waals surface area contributed by atoms with E-state index in [1.54, 1.807) is 0 Å². The second-order valence-electron chi connectivity index (χ2n) is 7.07. The van der Waals surface area contributed by atoms with Crippen LogP contribution < -0.4 is 5.32 Å². The first-order chi connectivity index (χ1) is 9.16. The zero-order valence-corrected chi connectivity index (χ0v) is 15.7. The fraction of sp³-hybridized carbons (Fsp3) is 0.667. The summed E-state index contributed by atoms with van der Waals surface area (Å²) >= 11 is 3.63. The molecule has 0 fully saturated rings. The third-order valence-corrected chi connectivity index (χ3v) is 5.30. The van der Waals surface area contributed by atoms with Crippen LogP contribution in [0.25, 0.3) is 0 Å². The topological polar surface area (TPSA) is 12.0 Å². The largest absolute Gasteiger partial charge is 0.310 e. The van der Waals surface area contributed by atoms with Gasteiger partial charge >= 0.3 is 0 Å². The van der Waals surface area contributed by atoms with E-state index >= 15 is 0 Å². The Balaban J connectivity index is 3.05. The van der Waals surface area contributed by atoms with Crippen LogP contribution in [-0.2, 0) is 0 Å². The zero-order valence-electron chi connectivity index (χ0n) is 14.1. The van der Waals surface area contributed by atoms with Gasteiger partial charge in [-0.25, -0.2) is 0 Å². The quantitative estimate of drug-likeness (QED) is 0.715. The Kier molecular flexibility index (Phi) is 6.27. The second kappa shape index (κ2) is 7.09. The van der Waals surface area contributed by atoms with E-state index in [1.165, 1.54) is 27.6 Å². The molecular weight excluding hydrogens is 310 g/mol. The highest BCUT2D eigenvalue weighted by atomic mass is 79.9. The van der Waals surface area contributed by atoms with Crippen LogP contribution in [0.5, 0.6) is 0 Å². The Labute approximate surface area is 133 Å². The first-order valence-electron chi connectivity index (χ1n) is 7.66. The first kappa shape index (κ1) is 17.7. The van der Waals surface area contributed by atoms with Crippen LogP contribution in [0.2, 0.25) is 0 Å². The molecule has 1 nitrogen and oxygen atoms in total. The van der Waals surface area contributed by atoms with Gasteiger partial charge < -0.3 is 5.32 Å². The van der Waals surface area contributed by atoms with Crippen LogP contribution in [0, 0.1) is 25.2 Å². The molecule has 0 saturated heterocycles. The van der Waals surface area contributed by atoms with Crippen molar-refractivity contribution in [1.82, 2.24) is 5.32 Å². The lowest BCUT2D eigenvalue weighted by atomic mass is 9.77. The summed E-state index contributed by atoms with van der Waals surface area (Å²) in [5.41, 5.74) is 4.49. The van der Waals surface area contributed by atoms with E-state index in [1.807, 2.05) is 0 Å². The minimum atomic E-state index is 0.353. The van der Waals surface area contributed by atoms with E-state index in [9.17, 15) is 0 Å². The molecule has 0 spiro atoms. The van der Waals surface area contributed by atoms with Gasteiger partial charge in [0.25, 0.3) is 0 Å². The molecule has 0 radical (unpaired) electrons. The van der Waals surface area contributed by atoms with Gasteiger partial charge in [0.1, 0.15) is 0 Å². The predicted molar refractivity (Wildman–Crippen MR) is 93.3 cm³/mol. The SMILES string of the molecule is CCNC(CC(C)C(C)(C)C)c1cc(C)c(Br)cc1C. The monoisotopic (exact) mass is 339 g/mol. The average molecular weight is 340 g/mol. The van der Waals surface area contributed by atoms with Gasteiger partial charge in [-0.05, 0) is 60.9 Å². The van der Waals surface area contributed by atoms with Crippen LogP contribution in [0.4, 0.5) is 0 Å². The van der Waals surface area contributed by atoms with Crippen molar-refractivity contribution in [2.45, 2.75) is 60.9 Å².